The number of carbonyl (C=O) groups is 1. The smallest absolute Gasteiger partial charge is 0.303 e. The van der Waals surface area contributed by atoms with Crippen LogP contribution in [0.15, 0.2) is 30.3 Å². The molecule has 1 aromatic carbocycles. The first kappa shape index (κ1) is 15.9. The van der Waals surface area contributed by atoms with Gasteiger partial charge in [0, 0.05) is 13.0 Å². The molecule has 6 nitrogen and oxygen atoms in total. The van der Waals surface area contributed by atoms with E-state index in [-0.39, 0.29) is 6.04 Å². The van der Waals surface area contributed by atoms with Gasteiger partial charge in [0.25, 0.3) is 0 Å². The minimum atomic E-state index is -1.23. The molecule has 1 aliphatic heterocycles. The van der Waals surface area contributed by atoms with Crippen LogP contribution in [0.3, 0.4) is 0 Å². The predicted octanol–water partition coefficient (Wildman–Crippen LogP) is 0.568. The van der Waals surface area contributed by atoms with Gasteiger partial charge in [0.2, 0.25) is 0 Å². The van der Waals surface area contributed by atoms with Crippen molar-refractivity contribution < 1.29 is 24.1 Å². The van der Waals surface area contributed by atoms with E-state index in [9.17, 15) is 9.90 Å². The molecule has 0 aromatic heterocycles. The molecule has 0 aliphatic carbocycles. The number of ether oxygens (including phenoxy) is 3. The van der Waals surface area contributed by atoms with Gasteiger partial charge in [-0.15, -0.1) is 0 Å². The highest BCUT2D eigenvalue weighted by molar-refractivity contribution is 5.66. The largest absolute Gasteiger partial charge is 0.454 e. The van der Waals surface area contributed by atoms with E-state index >= 15 is 0 Å². The van der Waals surface area contributed by atoms with E-state index in [4.69, 9.17) is 19.9 Å². The van der Waals surface area contributed by atoms with Crippen molar-refractivity contribution in [3.63, 3.8) is 0 Å². The molecule has 0 amide bonds. The van der Waals surface area contributed by atoms with E-state index in [1.165, 1.54) is 6.92 Å². The van der Waals surface area contributed by atoms with Crippen LogP contribution in [0.5, 0.6) is 0 Å². The quantitative estimate of drug-likeness (QED) is 0.772. The average Bonchev–Trinajstić information content (AvgIpc) is 2.74. The van der Waals surface area contributed by atoms with Gasteiger partial charge in [-0.2, -0.15) is 0 Å². The fourth-order valence-corrected chi connectivity index (χ4v) is 2.36. The Hall–Kier alpha value is -1.47. The standard InChI is InChI=1S/C15H21NO5/c1-9(16)12-13(14(15(18)21-12)20-10(2)17)19-8-11-6-4-3-5-7-11/h3-7,9,12-15,18H,8,16H2,1-2H3. The molecule has 1 aliphatic rings. The molecule has 0 radical (unpaired) electrons. The first-order valence-corrected chi connectivity index (χ1v) is 6.91. The fourth-order valence-electron chi connectivity index (χ4n) is 2.36. The van der Waals surface area contributed by atoms with Gasteiger partial charge in [-0.05, 0) is 12.5 Å². The van der Waals surface area contributed by atoms with Crippen LogP contribution < -0.4 is 5.73 Å². The number of rotatable bonds is 5. The molecular weight excluding hydrogens is 274 g/mol. The lowest BCUT2D eigenvalue weighted by Crippen LogP contribution is -2.44. The molecule has 2 rings (SSSR count). The van der Waals surface area contributed by atoms with Crippen molar-refractivity contribution in [2.45, 2.75) is 51.1 Å². The van der Waals surface area contributed by atoms with Crippen molar-refractivity contribution in [2.75, 3.05) is 0 Å². The molecular formula is C15H21NO5. The van der Waals surface area contributed by atoms with E-state index < -0.39 is 30.6 Å². The number of aliphatic hydroxyl groups is 1. The molecule has 1 saturated heterocycles. The van der Waals surface area contributed by atoms with E-state index in [0.717, 1.165) is 5.56 Å². The minimum Gasteiger partial charge on any atom is -0.454 e. The Labute approximate surface area is 123 Å². The van der Waals surface area contributed by atoms with Gasteiger partial charge in [-0.25, -0.2) is 0 Å². The SMILES string of the molecule is CC(=O)OC1C(O)OC(C(C)N)C1OCc1ccccc1. The maximum Gasteiger partial charge on any atom is 0.303 e. The first-order chi connectivity index (χ1) is 9.99. The molecule has 5 unspecified atom stereocenters. The fraction of sp³-hybridized carbons (Fsp3) is 0.533. The molecule has 1 fully saturated rings. The molecule has 1 heterocycles. The van der Waals surface area contributed by atoms with E-state index in [1.807, 2.05) is 30.3 Å². The predicted molar refractivity (Wildman–Crippen MR) is 75.1 cm³/mol. The highest BCUT2D eigenvalue weighted by Gasteiger charge is 2.48. The van der Waals surface area contributed by atoms with Gasteiger partial charge in [-0.3, -0.25) is 4.79 Å². The van der Waals surface area contributed by atoms with E-state index in [2.05, 4.69) is 0 Å². The van der Waals surface area contributed by atoms with Crippen molar-refractivity contribution in [1.29, 1.82) is 0 Å². The summed E-state index contributed by atoms with van der Waals surface area (Å²) >= 11 is 0. The normalized spacial score (nSPS) is 30.1. The molecule has 0 bridgehead atoms. The van der Waals surface area contributed by atoms with E-state index in [1.54, 1.807) is 6.92 Å². The molecule has 116 valence electrons. The zero-order valence-corrected chi connectivity index (χ0v) is 12.1. The van der Waals surface area contributed by atoms with Crippen LogP contribution in [0, 0.1) is 0 Å². The van der Waals surface area contributed by atoms with Gasteiger partial charge in [0.1, 0.15) is 12.2 Å². The number of esters is 1. The molecule has 6 heteroatoms. The lowest BCUT2D eigenvalue weighted by Gasteiger charge is -2.24. The summed E-state index contributed by atoms with van der Waals surface area (Å²) in [5, 5.41) is 9.89. The van der Waals surface area contributed by atoms with Crippen LogP contribution in [0.25, 0.3) is 0 Å². The van der Waals surface area contributed by atoms with Crippen LogP contribution in [0.4, 0.5) is 0 Å². The van der Waals surface area contributed by atoms with Gasteiger partial charge >= 0.3 is 5.97 Å². The maximum absolute atomic E-state index is 11.2. The third-order valence-corrected chi connectivity index (χ3v) is 3.33. The number of carbonyl (C=O) groups excluding carboxylic acids is 1. The summed E-state index contributed by atoms with van der Waals surface area (Å²) in [7, 11) is 0. The summed E-state index contributed by atoms with van der Waals surface area (Å²) in [6.45, 7) is 3.36. The van der Waals surface area contributed by atoms with Crippen LogP contribution in [0.2, 0.25) is 0 Å². The van der Waals surface area contributed by atoms with Crippen LogP contribution in [-0.4, -0.2) is 41.7 Å². The third kappa shape index (κ3) is 4.01. The highest BCUT2D eigenvalue weighted by atomic mass is 16.7. The Balaban J connectivity index is 2.07. The maximum atomic E-state index is 11.2. The van der Waals surface area contributed by atoms with Crippen LogP contribution in [-0.2, 0) is 25.6 Å². The number of aliphatic hydroxyl groups excluding tert-OH is 1. The second-order valence-electron chi connectivity index (χ2n) is 5.19. The van der Waals surface area contributed by atoms with Crippen molar-refractivity contribution in [1.82, 2.24) is 0 Å². The Bertz CT molecular complexity index is 464. The molecule has 21 heavy (non-hydrogen) atoms. The van der Waals surface area contributed by atoms with Crippen LogP contribution >= 0.6 is 0 Å². The van der Waals surface area contributed by atoms with Crippen molar-refractivity contribution in [2.24, 2.45) is 5.73 Å². The van der Waals surface area contributed by atoms with Gasteiger partial charge < -0.3 is 25.1 Å². The molecule has 0 saturated carbocycles. The Morgan fingerprint density at radius 3 is 2.62 bits per heavy atom. The first-order valence-electron chi connectivity index (χ1n) is 6.91. The molecule has 1 aromatic rings. The summed E-state index contributed by atoms with van der Waals surface area (Å²) < 4.78 is 16.3. The number of nitrogens with two attached hydrogens (primary N) is 1. The zero-order chi connectivity index (χ0) is 15.4. The lowest BCUT2D eigenvalue weighted by molar-refractivity contribution is -0.172. The zero-order valence-electron chi connectivity index (χ0n) is 12.1. The van der Waals surface area contributed by atoms with Crippen molar-refractivity contribution in [3.8, 4) is 0 Å². The van der Waals surface area contributed by atoms with Gasteiger partial charge in [0.15, 0.2) is 12.4 Å². The summed E-state index contributed by atoms with van der Waals surface area (Å²) in [6, 6.07) is 9.22. The molecule has 5 atom stereocenters. The second kappa shape index (κ2) is 7.00. The van der Waals surface area contributed by atoms with Crippen LogP contribution in [0.1, 0.15) is 19.4 Å². The Kier molecular flexibility index (Phi) is 5.30. The van der Waals surface area contributed by atoms with Gasteiger partial charge in [0.05, 0.1) is 6.61 Å². The van der Waals surface area contributed by atoms with E-state index in [0.29, 0.717) is 6.61 Å². The van der Waals surface area contributed by atoms with Crippen molar-refractivity contribution >= 4 is 5.97 Å². The summed E-state index contributed by atoms with van der Waals surface area (Å²) in [6.07, 6.45) is -3.25. The average molecular weight is 295 g/mol. The molecule has 3 N–H and O–H groups in total. The highest BCUT2D eigenvalue weighted by Crippen LogP contribution is 2.28. The summed E-state index contributed by atoms with van der Waals surface area (Å²) in [5.74, 6) is -0.499. The van der Waals surface area contributed by atoms with Crippen molar-refractivity contribution in [3.05, 3.63) is 35.9 Å². The number of hydrogen-bond acceptors (Lipinski definition) is 6. The third-order valence-electron chi connectivity index (χ3n) is 3.33. The summed E-state index contributed by atoms with van der Waals surface area (Å²) in [5.41, 5.74) is 6.83. The minimum absolute atomic E-state index is 0.322. The number of hydrogen-bond donors (Lipinski definition) is 2. The topological polar surface area (TPSA) is 91.0 Å². The number of benzene rings is 1. The van der Waals surface area contributed by atoms with Gasteiger partial charge in [-0.1, -0.05) is 30.3 Å². The lowest BCUT2D eigenvalue weighted by atomic mass is 10.1. The second-order valence-corrected chi connectivity index (χ2v) is 5.19. The summed E-state index contributed by atoms with van der Waals surface area (Å²) in [4.78, 5) is 11.2. The monoisotopic (exact) mass is 295 g/mol. The Morgan fingerprint density at radius 1 is 1.38 bits per heavy atom. The Morgan fingerprint density at radius 2 is 2.05 bits per heavy atom. The molecule has 0 spiro atoms.